The van der Waals surface area contributed by atoms with Crippen LogP contribution in [-0.2, 0) is 23.9 Å². The van der Waals surface area contributed by atoms with Gasteiger partial charge in [0.05, 0.1) is 12.7 Å². The highest BCUT2D eigenvalue weighted by molar-refractivity contribution is 5.82. The molecule has 1 N–H and O–H groups in total. The van der Waals surface area contributed by atoms with Gasteiger partial charge in [0.15, 0.2) is 6.29 Å². The van der Waals surface area contributed by atoms with Gasteiger partial charge in [0, 0.05) is 63.9 Å². The fourth-order valence-electron chi connectivity index (χ4n) is 10.3. The highest BCUT2D eigenvalue weighted by Crippen LogP contribution is 2.30. The average molecular weight is 964 g/mol. The summed E-state index contributed by atoms with van der Waals surface area (Å²) in [5, 5.41) is 10.6. The molecule has 0 aromatic heterocycles. The summed E-state index contributed by atoms with van der Waals surface area (Å²) in [7, 11) is 8.01. The van der Waals surface area contributed by atoms with E-state index < -0.39 is 17.7 Å². The van der Waals surface area contributed by atoms with E-state index in [1.807, 2.05) is 30.9 Å². The molecule has 0 aromatic rings. The number of amides is 2. The standard InChI is InChI=1S/C58H114N4O6/c1-11-15-18-21-24-25-28-32-39-50(14-4)60(9)54(63)42-35-31-37-45-62-49-52(68-55(64)43-46-59(7)8)48-53(62)56(65)67-47-38-30-29-36-44-58(5,6)57(66)61(10)51(40-33-26-22-19-16-12-2)41-34-27-23-20-17-13-3/h50-53,55,64H,11-49H2,1-10H3/t50?,52-,53-,55?/m0/s1. The molecule has 0 saturated carbocycles. The summed E-state index contributed by atoms with van der Waals surface area (Å²) in [6.45, 7) is 15.7. The quantitative estimate of drug-likeness (QED) is 0.0366. The van der Waals surface area contributed by atoms with E-state index in [4.69, 9.17) is 9.47 Å². The Balaban J connectivity index is 2.61. The van der Waals surface area contributed by atoms with Crippen molar-refractivity contribution < 1.29 is 29.0 Å². The number of aliphatic hydroxyl groups excluding tert-OH is 1. The van der Waals surface area contributed by atoms with Gasteiger partial charge in [-0.25, -0.2) is 0 Å². The van der Waals surface area contributed by atoms with Crippen molar-refractivity contribution in [2.45, 2.75) is 297 Å². The lowest BCUT2D eigenvalue weighted by atomic mass is 9.84. The maximum Gasteiger partial charge on any atom is 0.323 e. The SMILES string of the molecule is CCCCCCCCCCC(CC)N(C)C(=O)CCCCCN1C[C@@H](OC(O)CCN(C)C)C[C@H]1C(=O)OCCCCCCC(C)(C)C(=O)N(C)C(CCCCCCCC)CCCCCCCC. The topological polar surface area (TPSA) is 103 Å². The number of aliphatic hydroxyl groups is 1. The van der Waals surface area contributed by atoms with Crippen molar-refractivity contribution in [1.29, 1.82) is 0 Å². The largest absolute Gasteiger partial charge is 0.465 e. The number of carbonyl (C=O) groups is 3. The number of esters is 1. The fourth-order valence-corrected chi connectivity index (χ4v) is 10.3. The average Bonchev–Trinajstić information content (AvgIpc) is 3.72. The van der Waals surface area contributed by atoms with Gasteiger partial charge in [0.1, 0.15) is 6.04 Å². The maximum absolute atomic E-state index is 14.0. The van der Waals surface area contributed by atoms with Gasteiger partial charge < -0.3 is 29.3 Å². The van der Waals surface area contributed by atoms with Crippen LogP contribution in [0.1, 0.15) is 266 Å². The smallest absolute Gasteiger partial charge is 0.323 e. The second kappa shape index (κ2) is 40.8. The second-order valence-electron chi connectivity index (χ2n) is 22.1. The van der Waals surface area contributed by atoms with Crippen LogP contribution in [0, 0.1) is 5.41 Å². The molecule has 2 unspecified atom stereocenters. The van der Waals surface area contributed by atoms with Gasteiger partial charge in [0.2, 0.25) is 11.8 Å². The molecule has 2 amide bonds. The third-order valence-electron chi connectivity index (χ3n) is 15.1. The Bertz CT molecular complexity index is 1220. The molecule has 4 atom stereocenters. The highest BCUT2D eigenvalue weighted by Gasteiger charge is 2.39. The van der Waals surface area contributed by atoms with E-state index in [0.29, 0.717) is 44.5 Å². The lowest BCUT2D eigenvalue weighted by Gasteiger charge is -2.35. The number of hydrogen-bond donors (Lipinski definition) is 1. The van der Waals surface area contributed by atoms with Crippen molar-refractivity contribution in [2.75, 3.05) is 54.4 Å². The van der Waals surface area contributed by atoms with Gasteiger partial charge in [0.25, 0.3) is 0 Å². The minimum atomic E-state index is -0.873. The van der Waals surface area contributed by atoms with Crippen molar-refractivity contribution in [2.24, 2.45) is 5.41 Å². The molecule has 1 heterocycles. The molecule has 10 nitrogen and oxygen atoms in total. The van der Waals surface area contributed by atoms with E-state index in [-0.39, 0.29) is 23.9 Å². The van der Waals surface area contributed by atoms with Crippen molar-refractivity contribution in [3.05, 3.63) is 0 Å². The first-order chi connectivity index (χ1) is 32.7. The van der Waals surface area contributed by atoms with Gasteiger partial charge in [-0.15, -0.1) is 0 Å². The molecule has 0 spiro atoms. The Morgan fingerprint density at radius 1 is 0.603 bits per heavy atom. The summed E-state index contributed by atoms with van der Waals surface area (Å²) in [5.74, 6) is 0.321. The normalized spacial score (nSPS) is 16.5. The third-order valence-corrected chi connectivity index (χ3v) is 15.1. The fraction of sp³-hybridized carbons (Fsp3) is 0.948. The van der Waals surface area contributed by atoms with E-state index in [9.17, 15) is 19.5 Å². The molecule has 1 fully saturated rings. The predicted octanol–water partition coefficient (Wildman–Crippen LogP) is 13.9. The number of ether oxygens (including phenoxy) is 2. The number of nitrogens with zero attached hydrogens (tertiary/aromatic N) is 4. The van der Waals surface area contributed by atoms with Crippen molar-refractivity contribution in [3.8, 4) is 0 Å². The van der Waals surface area contributed by atoms with Crippen LogP contribution in [0.5, 0.6) is 0 Å². The number of likely N-dealkylation sites (tertiary alicyclic amines) is 1. The zero-order chi connectivity index (χ0) is 50.4. The molecule has 0 aliphatic carbocycles. The predicted molar refractivity (Wildman–Crippen MR) is 287 cm³/mol. The van der Waals surface area contributed by atoms with Crippen LogP contribution >= 0.6 is 0 Å². The van der Waals surface area contributed by atoms with Gasteiger partial charge in [-0.2, -0.15) is 0 Å². The molecule has 0 radical (unpaired) electrons. The Labute approximate surface area is 421 Å². The molecule has 0 bridgehead atoms. The Morgan fingerprint density at radius 2 is 1.09 bits per heavy atom. The number of unbranched alkanes of at least 4 members (excludes halogenated alkanes) is 22. The lowest BCUT2D eigenvalue weighted by Crippen LogP contribution is -2.44. The molecule has 1 rings (SSSR count). The molecule has 402 valence electrons. The summed E-state index contributed by atoms with van der Waals surface area (Å²) >= 11 is 0. The van der Waals surface area contributed by atoms with Crippen LogP contribution < -0.4 is 0 Å². The Kier molecular flexibility index (Phi) is 38.6. The first-order valence-corrected chi connectivity index (χ1v) is 29.1. The zero-order valence-corrected chi connectivity index (χ0v) is 46.7. The van der Waals surface area contributed by atoms with Crippen molar-refractivity contribution >= 4 is 17.8 Å². The molecule has 1 aliphatic rings. The minimum Gasteiger partial charge on any atom is -0.465 e. The molecule has 1 aliphatic heterocycles. The van der Waals surface area contributed by atoms with Crippen LogP contribution in [0.4, 0.5) is 0 Å². The summed E-state index contributed by atoms with van der Waals surface area (Å²) in [5.41, 5.74) is -0.400. The first kappa shape index (κ1) is 64.3. The van der Waals surface area contributed by atoms with E-state index in [1.165, 1.54) is 128 Å². The van der Waals surface area contributed by atoms with Gasteiger partial charge in [-0.3, -0.25) is 19.3 Å². The molecule has 68 heavy (non-hydrogen) atoms. The van der Waals surface area contributed by atoms with E-state index in [0.717, 1.165) is 90.1 Å². The van der Waals surface area contributed by atoms with Gasteiger partial charge in [-0.1, -0.05) is 196 Å². The summed E-state index contributed by atoms with van der Waals surface area (Å²) in [6.07, 6.45) is 37.9. The van der Waals surface area contributed by atoms with E-state index in [1.54, 1.807) is 0 Å². The third kappa shape index (κ3) is 30.2. The number of hydrogen-bond acceptors (Lipinski definition) is 8. The number of rotatable bonds is 46. The monoisotopic (exact) mass is 963 g/mol. The summed E-state index contributed by atoms with van der Waals surface area (Å²) in [4.78, 5) is 49.1. The molecular weight excluding hydrogens is 849 g/mol. The van der Waals surface area contributed by atoms with Crippen LogP contribution in [0.15, 0.2) is 0 Å². The Hall–Kier alpha value is -1.75. The zero-order valence-electron chi connectivity index (χ0n) is 46.7. The molecule has 10 heteroatoms. The first-order valence-electron chi connectivity index (χ1n) is 29.1. The molecule has 1 saturated heterocycles. The maximum atomic E-state index is 14.0. The van der Waals surface area contributed by atoms with E-state index >= 15 is 0 Å². The van der Waals surface area contributed by atoms with Crippen LogP contribution in [0.25, 0.3) is 0 Å². The van der Waals surface area contributed by atoms with E-state index in [2.05, 4.69) is 58.4 Å². The van der Waals surface area contributed by atoms with Crippen LogP contribution in [-0.4, -0.2) is 127 Å². The lowest BCUT2D eigenvalue weighted by molar-refractivity contribution is -0.150. The highest BCUT2D eigenvalue weighted by atomic mass is 16.6. The van der Waals surface area contributed by atoms with Crippen LogP contribution in [0.3, 0.4) is 0 Å². The Morgan fingerprint density at radius 3 is 1.62 bits per heavy atom. The van der Waals surface area contributed by atoms with Crippen molar-refractivity contribution in [3.63, 3.8) is 0 Å². The van der Waals surface area contributed by atoms with Crippen LogP contribution in [0.2, 0.25) is 0 Å². The summed E-state index contributed by atoms with van der Waals surface area (Å²) in [6, 6.07) is 0.247. The van der Waals surface area contributed by atoms with Gasteiger partial charge in [-0.05, 0) is 72.0 Å². The minimum absolute atomic E-state index is 0.205. The number of carbonyl (C=O) groups excluding carboxylic acids is 3. The van der Waals surface area contributed by atoms with Crippen molar-refractivity contribution in [1.82, 2.24) is 19.6 Å². The molecule has 0 aromatic carbocycles. The summed E-state index contributed by atoms with van der Waals surface area (Å²) < 4.78 is 12.0. The second-order valence-corrected chi connectivity index (χ2v) is 22.1. The van der Waals surface area contributed by atoms with Gasteiger partial charge >= 0.3 is 5.97 Å². The molecular formula is C58H114N4O6.